The number of nitrogens with one attached hydrogen (secondary N) is 1. The van der Waals surface area contributed by atoms with Gasteiger partial charge in [0.15, 0.2) is 11.5 Å². The molecule has 1 aromatic carbocycles. The molecule has 0 aliphatic carbocycles. The Morgan fingerprint density at radius 1 is 1.03 bits per heavy atom. The van der Waals surface area contributed by atoms with Crippen molar-refractivity contribution < 1.29 is 19.1 Å². The number of anilines is 1. The topological polar surface area (TPSA) is 84.0 Å². The Kier molecular flexibility index (Phi) is 6.54. The zero-order chi connectivity index (χ0) is 20.8. The van der Waals surface area contributed by atoms with Crippen molar-refractivity contribution in [2.75, 3.05) is 45.3 Å². The number of ether oxygens (including phenoxy) is 2. The van der Waals surface area contributed by atoms with Gasteiger partial charge in [0.2, 0.25) is 5.91 Å². The van der Waals surface area contributed by atoms with E-state index in [1.807, 2.05) is 23.1 Å². The smallest absolute Gasteiger partial charge is 0.251 e. The molecule has 0 radical (unpaired) electrons. The Morgan fingerprint density at radius 2 is 1.76 bits per heavy atom. The first-order valence-electron chi connectivity index (χ1n) is 9.47. The lowest BCUT2D eigenvalue weighted by Gasteiger charge is -2.35. The Hall–Kier alpha value is -3.29. The predicted octanol–water partition coefficient (Wildman–Crippen LogP) is 1.70. The van der Waals surface area contributed by atoms with Crippen LogP contribution in [0.1, 0.15) is 22.8 Å². The summed E-state index contributed by atoms with van der Waals surface area (Å²) in [5.41, 5.74) is 1.45. The van der Waals surface area contributed by atoms with E-state index in [0.29, 0.717) is 49.8 Å². The van der Waals surface area contributed by atoms with E-state index in [-0.39, 0.29) is 11.8 Å². The molecule has 1 aromatic heterocycles. The Labute approximate surface area is 170 Å². The third kappa shape index (κ3) is 4.96. The Morgan fingerprint density at radius 3 is 2.41 bits per heavy atom. The maximum absolute atomic E-state index is 12.6. The predicted molar refractivity (Wildman–Crippen MR) is 109 cm³/mol. The second kappa shape index (κ2) is 9.27. The first kappa shape index (κ1) is 20.4. The molecular weight excluding hydrogens is 372 g/mol. The van der Waals surface area contributed by atoms with Crippen molar-refractivity contribution in [2.24, 2.45) is 0 Å². The molecule has 0 saturated carbocycles. The molecule has 8 nitrogen and oxygen atoms in total. The average molecular weight is 398 g/mol. The highest BCUT2D eigenvalue weighted by Crippen LogP contribution is 2.27. The molecule has 3 rings (SSSR count). The number of amides is 2. The van der Waals surface area contributed by atoms with Crippen LogP contribution in [-0.4, -0.2) is 62.1 Å². The number of benzene rings is 1. The molecule has 2 amide bonds. The van der Waals surface area contributed by atoms with Gasteiger partial charge in [0, 0.05) is 51.4 Å². The monoisotopic (exact) mass is 398 g/mol. The third-order valence-electron chi connectivity index (χ3n) is 4.96. The summed E-state index contributed by atoms with van der Waals surface area (Å²) in [6.45, 7) is 4.66. The zero-order valence-electron chi connectivity index (χ0n) is 17.0. The molecule has 0 bridgehead atoms. The number of piperazine rings is 1. The maximum atomic E-state index is 12.6. The van der Waals surface area contributed by atoms with Crippen LogP contribution < -0.4 is 19.7 Å². The van der Waals surface area contributed by atoms with E-state index in [1.165, 1.54) is 0 Å². The van der Waals surface area contributed by atoms with E-state index in [0.717, 1.165) is 11.4 Å². The van der Waals surface area contributed by atoms with E-state index in [9.17, 15) is 9.59 Å². The lowest BCUT2D eigenvalue weighted by atomic mass is 10.2. The highest BCUT2D eigenvalue weighted by atomic mass is 16.5. The van der Waals surface area contributed by atoms with E-state index in [2.05, 4.69) is 15.2 Å². The minimum Gasteiger partial charge on any atom is -0.493 e. The number of methoxy groups -OCH3 is 2. The summed E-state index contributed by atoms with van der Waals surface area (Å²) in [4.78, 5) is 32.4. The Bertz CT molecular complexity index is 879. The highest BCUT2D eigenvalue weighted by molar-refractivity contribution is 5.94. The van der Waals surface area contributed by atoms with Crippen LogP contribution in [0, 0.1) is 0 Å². The van der Waals surface area contributed by atoms with Crippen LogP contribution in [-0.2, 0) is 11.3 Å². The fourth-order valence-electron chi connectivity index (χ4n) is 3.26. The lowest BCUT2D eigenvalue weighted by molar-refractivity contribution is -0.129. The first-order valence-corrected chi connectivity index (χ1v) is 9.47. The molecule has 2 aromatic rings. The summed E-state index contributed by atoms with van der Waals surface area (Å²) >= 11 is 0. The van der Waals surface area contributed by atoms with Crippen LogP contribution in [0.3, 0.4) is 0 Å². The van der Waals surface area contributed by atoms with Gasteiger partial charge in [-0.15, -0.1) is 0 Å². The van der Waals surface area contributed by atoms with Crippen molar-refractivity contribution >= 4 is 17.6 Å². The van der Waals surface area contributed by atoms with Crippen LogP contribution in [0.5, 0.6) is 11.5 Å². The summed E-state index contributed by atoms with van der Waals surface area (Å²) in [5, 5.41) is 2.92. The van der Waals surface area contributed by atoms with E-state index >= 15 is 0 Å². The molecule has 0 atom stereocenters. The van der Waals surface area contributed by atoms with Gasteiger partial charge < -0.3 is 24.6 Å². The summed E-state index contributed by atoms with van der Waals surface area (Å²) < 4.78 is 10.5. The normalized spacial score (nSPS) is 13.8. The van der Waals surface area contributed by atoms with Crippen molar-refractivity contribution in [2.45, 2.75) is 13.5 Å². The SMILES string of the molecule is COc1ccc(CNC(=O)c2ccnc(N3CCN(C(C)=O)CC3)c2)cc1OC. The second-order valence-corrected chi connectivity index (χ2v) is 6.77. The van der Waals surface area contributed by atoms with Gasteiger partial charge in [-0.2, -0.15) is 0 Å². The summed E-state index contributed by atoms with van der Waals surface area (Å²) in [7, 11) is 3.16. The number of hydrogen-bond donors (Lipinski definition) is 1. The number of pyridine rings is 1. The molecule has 154 valence electrons. The van der Waals surface area contributed by atoms with Crippen LogP contribution in [0.15, 0.2) is 36.5 Å². The van der Waals surface area contributed by atoms with Crippen LogP contribution in [0.4, 0.5) is 5.82 Å². The van der Waals surface area contributed by atoms with Gasteiger partial charge in [-0.05, 0) is 29.8 Å². The van der Waals surface area contributed by atoms with Gasteiger partial charge in [-0.25, -0.2) is 4.98 Å². The van der Waals surface area contributed by atoms with Crippen LogP contribution in [0.2, 0.25) is 0 Å². The number of carbonyl (C=O) groups is 2. The van der Waals surface area contributed by atoms with Crippen molar-refractivity contribution in [3.8, 4) is 11.5 Å². The van der Waals surface area contributed by atoms with Gasteiger partial charge >= 0.3 is 0 Å². The first-order chi connectivity index (χ1) is 14.0. The number of rotatable bonds is 6. The minimum absolute atomic E-state index is 0.0842. The summed E-state index contributed by atoms with van der Waals surface area (Å²) in [5.74, 6) is 1.92. The van der Waals surface area contributed by atoms with E-state index in [1.54, 1.807) is 39.5 Å². The van der Waals surface area contributed by atoms with Gasteiger partial charge in [0.1, 0.15) is 5.82 Å². The number of nitrogens with zero attached hydrogens (tertiary/aromatic N) is 3. The highest BCUT2D eigenvalue weighted by Gasteiger charge is 2.20. The van der Waals surface area contributed by atoms with Crippen LogP contribution in [0.25, 0.3) is 0 Å². The fraction of sp³-hybridized carbons (Fsp3) is 0.381. The number of aromatic nitrogens is 1. The molecule has 0 unspecified atom stereocenters. The van der Waals surface area contributed by atoms with Gasteiger partial charge in [0.25, 0.3) is 5.91 Å². The molecule has 1 fully saturated rings. The average Bonchev–Trinajstić information content (AvgIpc) is 2.77. The number of hydrogen-bond acceptors (Lipinski definition) is 6. The zero-order valence-corrected chi connectivity index (χ0v) is 17.0. The van der Waals surface area contributed by atoms with Crippen LogP contribution >= 0.6 is 0 Å². The maximum Gasteiger partial charge on any atom is 0.251 e. The standard InChI is InChI=1S/C21H26N4O4/c1-15(26)24-8-10-25(11-9-24)20-13-17(6-7-22-20)21(27)23-14-16-4-5-18(28-2)19(12-16)29-3/h4-7,12-13H,8-11,14H2,1-3H3,(H,23,27). The molecule has 0 spiro atoms. The molecule has 1 N–H and O–H groups in total. The van der Waals surface area contributed by atoms with Crippen molar-refractivity contribution in [3.63, 3.8) is 0 Å². The van der Waals surface area contributed by atoms with Gasteiger partial charge in [0.05, 0.1) is 14.2 Å². The molecule has 8 heteroatoms. The van der Waals surface area contributed by atoms with Gasteiger partial charge in [-0.1, -0.05) is 6.07 Å². The molecule has 1 saturated heterocycles. The van der Waals surface area contributed by atoms with E-state index in [4.69, 9.17) is 9.47 Å². The summed E-state index contributed by atoms with van der Waals surface area (Å²) in [6, 6.07) is 9.01. The van der Waals surface area contributed by atoms with Gasteiger partial charge in [-0.3, -0.25) is 9.59 Å². The lowest BCUT2D eigenvalue weighted by Crippen LogP contribution is -2.48. The van der Waals surface area contributed by atoms with Crippen molar-refractivity contribution in [1.82, 2.24) is 15.2 Å². The number of carbonyl (C=O) groups excluding carboxylic acids is 2. The Balaban J connectivity index is 1.62. The fourth-order valence-corrected chi connectivity index (χ4v) is 3.26. The molecular formula is C21H26N4O4. The molecule has 1 aliphatic rings. The molecule has 29 heavy (non-hydrogen) atoms. The second-order valence-electron chi connectivity index (χ2n) is 6.77. The molecule has 2 heterocycles. The quantitative estimate of drug-likeness (QED) is 0.797. The third-order valence-corrected chi connectivity index (χ3v) is 4.96. The molecule has 1 aliphatic heterocycles. The summed E-state index contributed by atoms with van der Waals surface area (Å²) in [6.07, 6.45) is 1.64. The van der Waals surface area contributed by atoms with Crippen molar-refractivity contribution in [3.05, 3.63) is 47.7 Å². The minimum atomic E-state index is -0.175. The van der Waals surface area contributed by atoms with Crippen molar-refractivity contribution in [1.29, 1.82) is 0 Å². The van der Waals surface area contributed by atoms with E-state index < -0.39 is 0 Å². The largest absolute Gasteiger partial charge is 0.493 e.